The fourth-order valence-corrected chi connectivity index (χ4v) is 8.76. The molecule has 10 heteroatoms. The van der Waals surface area contributed by atoms with Crippen LogP contribution >= 0.6 is 0 Å². The number of Topliss-reactive ketones (excluding diaryl/α,β-unsaturated/α-hetero) is 2. The number of carbonyl (C=O) groups is 4. The van der Waals surface area contributed by atoms with Crippen LogP contribution in [0.25, 0.3) is 6.08 Å². The van der Waals surface area contributed by atoms with Crippen molar-refractivity contribution in [3.8, 4) is 17.2 Å². The molecule has 1 aromatic rings. The van der Waals surface area contributed by atoms with Crippen molar-refractivity contribution in [2.24, 2.45) is 11.8 Å². The number of carbonyl (C=O) groups excluding carboxylic acids is 4. The van der Waals surface area contributed by atoms with Crippen LogP contribution in [-0.4, -0.2) is 66.7 Å². The van der Waals surface area contributed by atoms with Crippen molar-refractivity contribution >= 4 is 29.6 Å². The Morgan fingerprint density at radius 3 is 2.37 bits per heavy atom. The molecule has 2 fully saturated rings. The number of hydrogen-bond acceptors (Lipinski definition) is 10. The van der Waals surface area contributed by atoms with Crippen molar-refractivity contribution in [1.82, 2.24) is 0 Å². The summed E-state index contributed by atoms with van der Waals surface area (Å²) in [5.41, 5.74) is -0.248. The minimum Gasteiger partial charge on any atom is -0.495 e. The minimum atomic E-state index is -1.57. The van der Waals surface area contributed by atoms with Crippen LogP contribution in [0.1, 0.15) is 103 Å². The molecule has 0 amide bonds. The van der Waals surface area contributed by atoms with E-state index in [9.17, 15) is 14.4 Å². The van der Waals surface area contributed by atoms with Crippen LogP contribution in [0.4, 0.5) is 0 Å². The molecule has 3 aliphatic heterocycles. The van der Waals surface area contributed by atoms with E-state index in [4.69, 9.17) is 28.4 Å². The Balaban J connectivity index is 1.52. The van der Waals surface area contributed by atoms with Crippen molar-refractivity contribution < 1.29 is 47.6 Å². The first-order valence-electron chi connectivity index (χ1n) is 18.0. The summed E-state index contributed by atoms with van der Waals surface area (Å²) in [6, 6.07) is 0. The maximum absolute atomic E-state index is 15.1. The molecule has 1 saturated heterocycles. The monoisotopic (exact) mass is 714 g/mol. The number of ether oxygens (including phenoxy) is 6. The van der Waals surface area contributed by atoms with Gasteiger partial charge in [0, 0.05) is 41.9 Å². The molecule has 0 unspecified atom stereocenters. The predicted octanol–water partition coefficient (Wildman–Crippen LogP) is 7.17. The standard InChI is InChI=1S/C42H50O10/c1-23(2)13-14-28-34-29(16-18-40(8,50-34)17-11-12-24(3)22-49-26(5)43)35(47-9)32-33(44)30-20-27-21-31-39(6,7)52-41(37(27)45,42(30,31)51-36(28)32)19-15-25(4)38(46)48-10/h12-13,15-16,18,20,27,31H,11,14,17,19,21-22H2,1-10H3/b24-12+,25-15-/t27-,31+,40-,41+,42-/m1/s1. The average Bonchev–Trinajstić information content (AvgIpc) is 3.24. The summed E-state index contributed by atoms with van der Waals surface area (Å²) in [4.78, 5) is 53.4. The number of fused-ring (bicyclic) bond motifs is 2. The first kappa shape index (κ1) is 37.3. The van der Waals surface area contributed by atoms with Gasteiger partial charge in [-0.2, -0.15) is 0 Å². The quantitative estimate of drug-likeness (QED) is 0.132. The third-order valence-electron chi connectivity index (χ3n) is 11.3. The number of rotatable bonds is 11. The van der Waals surface area contributed by atoms with Gasteiger partial charge in [0.15, 0.2) is 22.8 Å². The fourth-order valence-electron chi connectivity index (χ4n) is 8.76. The van der Waals surface area contributed by atoms with E-state index in [2.05, 4.69) is 6.08 Å². The SMILES string of the molecule is COC(=O)/C(C)=C\C[C@@]12OC(C)(C)[C@@H]3C[C@@H](C=C4C(=O)c5c(OC)c6c(c(CC=C(C)C)c5O[C@]431)O[C@](C)(CC/C=C(\C)COC(C)=O)C=C6)C2=O. The number of ketones is 2. The summed E-state index contributed by atoms with van der Waals surface area (Å²) in [6.07, 6.45) is 13.7. The second-order valence-electron chi connectivity index (χ2n) is 15.7. The van der Waals surface area contributed by atoms with Gasteiger partial charge in [-0.25, -0.2) is 4.79 Å². The first-order chi connectivity index (χ1) is 24.4. The normalized spacial score (nSPS) is 29.2. The van der Waals surface area contributed by atoms with E-state index in [1.807, 2.05) is 59.8 Å². The van der Waals surface area contributed by atoms with E-state index < -0.39 is 34.3 Å². The van der Waals surface area contributed by atoms with Gasteiger partial charge in [-0.05, 0) is 91.9 Å². The lowest BCUT2D eigenvalue weighted by atomic mass is 9.51. The number of allylic oxidation sites excluding steroid dienone is 4. The molecule has 7 rings (SSSR count). The molecule has 1 aromatic carbocycles. The highest BCUT2D eigenvalue weighted by Gasteiger charge is 2.81. The van der Waals surface area contributed by atoms with Gasteiger partial charge < -0.3 is 28.4 Å². The second-order valence-corrected chi connectivity index (χ2v) is 15.7. The summed E-state index contributed by atoms with van der Waals surface area (Å²) < 4.78 is 37.2. The summed E-state index contributed by atoms with van der Waals surface area (Å²) in [5, 5.41) is 0. The molecule has 278 valence electrons. The molecule has 10 nitrogen and oxygen atoms in total. The van der Waals surface area contributed by atoms with Gasteiger partial charge >= 0.3 is 11.9 Å². The van der Waals surface area contributed by atoms with E-state index in [1.165, 1.54) is 21.1 Å². The molecule has 0 radical (unpaired) electrons. The zero-order valence-corrected chi connectivity index (χ0v) is 31.9. The van der Waals surface area contributed by atoms with Gasteiger partial charge in [0.2, 0.25) is 0 Å². The molecule has 52 heavy (non-hydrogen) atoms. The van der Waals surface area contributed by atoms with Crippen molar-refractivity contribution in [3.05, 3.63) is 69.4 Å². The minimum absolute atomic E-state index is 0.0240. The fraction of sp³-hybridized carbons (Fsp3) is 0.524. The van der Waals surface area contributed by atoms with E-state index in [0.29, 0.717) is 70.8 Å². The van der Waals surface area contributed by atoms with Gasteiger partial charge in [-0.15, -0.1) is 0 Å². The smallest absolute Gasteiger partial charge is 0.333 e. The Labute approximate surface area is 305 Å². The van der Waals surface area contributed by atoms with Crippen LogP contribution in [0.5, 0.6) is 17.2 Å². The Morgan fingerprint density at radius 1 is 0.981 bits per heavy atom. The molecule has 3 heterocycles. The lowest BCUT2D eigenvalue weighted by molar-refractivity contribution is -0.171. The maximum Gasteiger partial charge on any atom is 0.333 e. The van der Waals surface area contributed by atoms with E-state index >= 15 is 4.79 Å². The van der Waals surface area contributed by atoms with E-state index in [1.54, 1.807) is 19.1 Å². The van der Waals surface area contributed by atoms with Crippen LogP contribution < -0.4 is 14.2 Å². The van der Waals surface area contributed by atoms with Crippen molar-refractivity contribution in [2.45, 2.75) is 110 Å². The molecule has 4 bridgehead atoms. The highest BCUT2D eigenvalue weighted by molar-refractivity contribution is 6.19. The van der Waals surface area contributed by atoms with Crippen LogP contribution in [0.2, 0.25) is 0 Å². The molecule has 5 atom stereocenters. The predicted molar refractivity (Wildman–Crippen MR) is 194 cm³/mol. The lowest BCUT2D eigenvalue weighted by Gasteiger charge is -2.56. The van der Waals surface area contributed by atoms with Gasteiger partial charge in [0.25, 0.3) is 0 Å². The van der Waals surface area contributed by atoms with Crippen LogP contribution in [-0.2, 0) is 35.0 Å². The number of esters is 2. The third kappa shape index (κ3) is 5.74. The summed E-state index contributed by atoms with van der Waals surface area (Å²) >= 11 is 0. The van der Waals surface area contributed by atoms with E-state index in [-0.39, 0.29) is 36.5 Å². The molecule has 3 aliphatic carbocycles. The average molecular weight is 715 g/mol. The van der Waals surface area contributed by atoms with Gasteiger partial charge in [0.1, 0.15) is 35.0 Å². The molecular formula is C42H50O10. The summed E-state index contributed by atoms with van der Waals surface area (Å²) in [7, 11) is 2.84. The molecule has 0 aromatic heterocycles. The molecule has 1 saturated carbocycles. The molecule has 6 aliphatic rings. The topological polar surface area (TPSA) is 124 Å². The Bertz CT molecular complexity index is 1900. The zero-order valence-electron chi connectivity index (χ0n) is 31.9. The van der Waals surface area contributed by atoms with Crippen molar-refractivity contribution in [1.29, 1.82) is 0 Å². The highest BCUT2D eigenvalue weighted by Crippen LogP contribution is 2.68. The van der Waals surface area contributed by atoms with Crippen molar-refractivity contribution in [2.75, 3.05) is 20.8 Å². The van der Waals surface area contributed by atoms with Crippen LogP contribution in [0.15, 0.2) is 52.7 Å². The van der Waals surface area contributed by atoms with Crippen LogP contribution in [0.3, 0.4) is 0 Å². The molecule has 1 spiro atoms. The van der Waals surface area contributed by atoms with Gasteiger partial charge in [-0.3, -0.25) is 14.4 Å². The van der Waals surface area contributed by atoms with Crippen LogP contribution in [0, 0.1) is 11.8 Å². The molecular weight excluding hydrogens is 664 g/mol. The second kappa shape index (κ2) is 13.2. The Hall–Kier alpha value is -4.44. The maximum atomic E-state index is 15.1. The van der Waals surface area contributed by atoms with Gasteiger partial charge in [-0.1, -0.05) is 29.9 Å². The zero-order chi connectivity index (χ0) is 38.0. The highest BCUT2D eigenvalue weighted by atomic mass is 16.6. The Morgan fingerprint density at radius 2 is 1.71 bits per heavy atom. The van der Waals surface area contributed by atoms with Crippen molar-refractivity contribution in [3.63, 3.8) is 0 Å². The Kier molecular flexibility index (Phi) is 9.48. The lowest BCUT2D eigenvalue weighted by Crippen LogP contribution is -2.72. The van der Waals surface area contributed by atoms with E-state index in [0.717, 1.165) is 11.1 Å². The molecule has 0 N–H and O–H groups in total. The van der Waals surface area contributed by atoms with Gasteiger partial charge in [0.05, 0.1) is 25.4 Å². The number of methoxy groups -OCH3 is 2. The third-order valence-corrected chi connectivity index (χ3v) is 11.3. The number of hydrogen-bond donors (Lipinski definition) is 0. The first-order valence-corrected chi connectivity index (χ1v) is 18.0. The summed E-state index contributed by atoms with van der Waals surface area (Å²) in [6.45, 7) is 15.1. The largest absolute Gasteiger partial charge is 0.495 e. The number of benzene rings is 1. The summed E-state index contributed by atoms with van der Waals surface area (Å²) in [5.74, 6) is -0.951.